The SMILES string of the molecule is CSc1cccc(Sc2ncco2)c1C#N. The molecule has 0 unspecified atom stereocenters. The van der Waals surface area contributed by atoms with Gasteiger partial charge in [0.25, 0.3) is 5.22 Å². The third-order valence-electron chi connectivity index (χ3n) is 1.93. The second kappa shape index (κ2) is 5.10. The maximum atomic E-state index is 9.13. The number of hydrogen-bond donors (Lipinski definition) is 0. The molecule has 0 aliphatic heterocycles. The van der Waals surface area contributed by atoms with Gasteiger partial charge in [0.2, 0.25) is 0 Å². The van der Waals surface area contributed by atoms with Gasteiger partial charge in [0, 0.05) is 9.79 Å². The fourth-order valence-corrected chi connectivity index (χ4v) is 2.68. The van der Waals surface area contributed by atoms with Crippen LogP contribution < -0.4 is 0 Å². The van der Waals surface area contributed by atoms with E-state index in [1.54, 1.807) is 18.0 Å². The predicted molar refractivity (Wildman–Crippen MR) is 63.6 cm³/mol. The molecule has 16 heavy (non-hydrogen) atoms. The topological polar surface area (TPSA) is 49.8 Å². The van der Waals surface area contributed by atoms with Crippen molar-refractivity contribution < 1.29 is 4.42 Å². The Morgan fingerprint density at radius 3 is 2.81 bits per heavy atom. The summed E-state index contributed by atoms with van der Waals surface area (Å²) < 4.78 is 5.15. The van der Waals surface area contributed by atoms with Crippen molar-refractivity contribution in [2.24, 2.45) is 0 Å². The van der Waals surface area contributed by atoms with Gasteiger partial charge in [-0.25, -0.2) is 4.98 Å². The molecule has 0 aliphatic rings. The molecule has 1 aromatic carbocycles. The first kappa shape index (κ1) is 11.1. The minimum Gasteiger partial charge on any atom is -0.440 e. The molecule has 80 valence electrons. The van der Waals surface area contributed by atoms with Gasteiger partial charge in [-0.2, -0.15) is 5.26 Å². The zero-order valence-corrected chi connectivity index (χ0v) is 10.1. The first-order valence-electron chi connectivity index (χ1n) is 4.49. The number of thioether (sulfide) groups is 1. The highest BCUT2D eigenvalue weighted by molar-refractivity contribution is 7.99. The Bertz CT molecular complexity index is 517. The summed E-state index contributed by atoms with van der Waals surface area (Å²) >= 11 is 2.92. The molecule has 1 heterocycles. The van der Waals surface area contributed by atoms with Gasteiger partial charge < -0.3 is 4.42 Å². The van der Waals surface area contributed by atoms with Crippen LogP contribution in [0.15, 0.2) is 50.1 Å². The highest BCUT2D eigenvalue weighted by Crippen LogP contribution is 2.33. The first-order valence-corrected chi connectivity index (χ1v) is 6.53. The van der Waals surface area contributed by atoms with Crippen LogP contribution in [0.5, 0.6) is 0 Å². The van der Waals surface area contributed by atoms with Gasteiger partial charge in [0.1, 0.15) is 12.3 Å². The Morgan fingerprint density at radius 1 is 1.38 bits per heavy atom. The van der Waals surface area contributed by atoms with Crippen LogP contribution in [0.3, 0.4) is 0 Å². The number of nitrogens with zero attached hydrogens (tertiary/aromatic N) is 2. The standard InChI is InChI=1S/C11H8N2OS2/c1-15-9-3-2-4-10(8(9)7-12)16-11-13-5-6-14-11/h2-6H,1H3. The average Bonchev–Trinajstić information content (AvgIpc) is 2.81. The van der Waals surface area contributed by atoms with E-state index in [2.05, 4.69) is 11.1 Å². The Morgan fingerprint density at radius 2 is 2.19 bits per heavy atom. The zero-order chi connectivity index (χ0) is 11.4. The number of benzene rings is 1. The fraction of sp³-hybridized carbons (Fsp3) is 0.0909. The van der Waals surface area contributed by atoms with Crippen molar-refractivity contribution in [2.75, 3.05) is 6.26 Å². The van der Waals surface area contributed by atoms with Crippen molar-refractivity contribution in [3.63, 3.8) is 0 Å². The van der Waals surface area contributed by atoms with Crippen molar-refractivity contribution in [2.45, 2.75) is 15.0 Å². The molecule has 0 atom stereocenters. The van der Waals surface area contributed by atoms with Gasteiger partial charge in [-0.05, 0) is 30.2 Å². The molecule has 0 saturated heterocycles. The summed E-state index contributed by atoms with van der Waals surface area (Å²) in [5.74, 6) is 0. The van der Waals surface area contributed by atoms with Crippen LogP contribution in [0.1, 0.15) is 5.56 Å². The molecule has 0 radical (unpaired) electrons. The van der Waals surface area contributed by atoms with Crippen LogP contribution in [0.25, 0.3) is 0 Å². The van der Waals surface area contributed by atoms with E-state index in [-0.39, 0.29) is 0 Å². The van der Waals surface area contributed by atoms with Crippen LogP contribution in [-0.2, 0) is 0 Å². The molecule has 3 nitrogen and oxygen atoms in total. The first-order chi connectivity index (χ1) is 7.85. The van der Waals surface area contributed by atoms with Crippen molar-refractivity contribution in [1.82, 2.24) is 4.98 Å². The second-order valence-corrected chi connectivity index (χ2v) is 4.69. The minimum atomic E-state index is 0.551. The van der Waals surface area contributed by atoms with E-state index in [0.717, 1.165) is 9.79 Å². The van der Waals surface area contributed by atoms with Gasteiger partial charge in [-0.3, -0.25) is 0 Å². The number of hydrogen-bond acceptors (Lipinski definition) is 5. The summed E-state index contributed by atoms with van der Waals surface area (Å²) in [7, 11) is 0. The van der Waals surface area contributed by atoms with E-state index < -0.39 is 0 Å². The lowest BCUT2D eigenvalue weighted by Crippen LogP contribution is -1.85. The smallest absolute Gasteiger partial charge is 0.260 e. The minimum absolute atomic E-state index is 0.551. The number of rotatable bonds is 3. The van der Waals surface area contributed by atoms with Crippen LogP contribution in [0.4, 0.5) is 0 Å². The van der Waals surface area contributed by atoms with Crippen molar-refractivity contribution >= 4 is 23.5 Å². The monoisotopic (exact) mass is 248 g/mol. The largest absolute Gasteiger partial charge is 0.440 e. The van der Waals surface area contributed by atoms with Gasteiger partial charge in [-0.1, -0.05) is 6.07 Å². The average molecular weight is 248 g/mol. The van der Waals surface area contributed by atoms with Crippen LogP contribution in [-0.4, -0.2) is 11.2 Å². The molecule has 5 heteroatoms. The number of nitriles is 1. The Hall–Kier alpha value is -1.38. The third-order valence-corrected chi connectivity index (χ3v) is 3.64. The van der Waals surface area contributed by atoms with Crippen LogP contribution in [0.2, 0.25) is 0 Å². The zero-order valence-electron chi connectivity index (χ0n) is 8.51. The fourth-order valence-electron chi connectivity index (χ4n) is 1.23. The summed E-state index contributed by atoms with van der Waals surface area (Å²) in [6.45, 7) is 0. The lowest BCUT2D eigenvalue weighted by Gasteiger charge is -2.04. The third kappa shape index (κ3) is 2.23. The van der Waals surface area contributed by atoms with Gasteiger partial charge >= 0.3 is 0 Å². The van der Waals surface area contributed by atoms with Gasteiger partial charge in [0.15, 0.2) is 0 Å². The number of aromatic nitrogens is 1. The van der Waals surface area contributed by atoms with E-state index >= 15 is 0 Å². The molecule has 0 N–H and O–H groups in total. The number of oxazole rings is 1. The van der Waals surface area contributed by atoms with Crippen LogP contribution >= 0.6 is 23.5 Å². The highest BCUT2D eigenvalue weighted by Gasteiger charge is 2.10. The maximum Gasteiger partial charge on any atom is 0.260 e. The van der Waals surface area contributed by atoms with Crippen LogP contribution in [0, 0.1) is 11.3 Å². The molecular formula is C11H8N2OS2. The summed E-state index contributed by atoms with van der Waals surface area (Å²) in [5.41, 5.74) is 0.679. The molecule has 0 fully saturated rings. The summed E-state index contributed by atoms with van der Waals surface area (Å²) in [6.07, 6.45) is 5.06. The summed E-state index contributed by atoms with van der Waals surface area (Å²) in [6, 6.07) is 7.97. The molecule has 2 rings (SSSR count). The van der Waals surface area contributed by atoms with E-state index in [1.165, 1.54) is 18.0 Å². The van der Waals surface area contributed by atoms with Crippen molar-refractivity contribution in [3.8, 4) is 6.07 Å². The van der Waals surface area contributed by atoms with E-state index in [9.17, 15) is 0 Å². The van der Waals surface area contributed by atoms with Crippen molar-refractivity contribution in [1.29, 1.82) is 5.26 Å². The van der Waals surface area contributed by atoms with Gasteiger partial charge in [0.05, 0.1) is 11.8 Å². The van der Waals surface area contributed by atoms with E-state index in [0.29, 0.717) is 10.8 Å². The Balaban J connectivity index is 2.38. The van der Waals surface area contributed by atoms with E-state index in [1.807, 2.05) is 24.5 Å². The normalized spacial score (nSPS) is 10.0. The molecule has 1 aromatic heterocycles. The second-order valence-electron chi connectivity index (χ2n) is 2.85. The molecule has 0 bridgehead atoms. The molecule has 0 amide bonds. The quantitative estimate of drug-likeness (QED) is 0.779. The summed E-state index contributed by atoms with van der Waals surface area (Å²) in [5, 5.41) is 9.68. The maximum absolute atomic E-state index is 9.13. The Kier molecular flexibility index (Phi) is 3.54. The molecule has 0 spiro atoms. The highest BCUT2D eigenvalue weighted by atomic mass is 32.2. The van der Waals surface area contributed by atoms with E-state index in [4.69, 9.17) is 9.68 Å². The molecule has 0 aliphatic carbocycles. The molecule has 0 saturated carbocycles. The molecular weight excluding hydrogens is 240 g/mol. The predicted octanol–water partition coefficient (Wildman–Crippen LogP) is 3.42. The Labute approximate surface area is 102 Å². The lowest BCUT2D eigenvalue weighted by molar-refractivity contribution is 0.454. The summed E-state index contributed by atoms with van der Waals surface area (Å²) in [4.78, 5) is 5.87. The van der Waals surface area contributed by atoms with Gasteiger partial charge in [-0.15, -0.1) is 11.8 Å². The van der Waals surface area contributed by atoms with Crippen molar-refractivity contribution in [3.05, 3.63) is 36.2 Å². The lowest BCUT2D eigenvalue weighted by atomic mass is 10.2. The molecule has 2 aromatic rings.